The molecule has 0 atom stereocenters. The summed E-state index contributed by atoms with van der Waals surface area (Å²) in [6, 6.07) is 5.07. The van der Waals surface area contributed by atoms with Crippen molar-refractivity contribution in [3.63, 3.8) is 0 Å². The first-order valence-electron chi connectivity index (χ1n) is 4.86. The molecular weight excluding hydrogens is 320 g/mol. The Hall–Kier alpha value is -1.66. The number of halogens is 2. The lowest BCUT2D eigenvalue weighted by Crippen LogP contribution is -2.15. The van der Waals surface area contributed by atoms with Crippen LogP contribution in [0.4, 0.5) is 0 Å². The second kappa shape index (κ2) is 5.32. The normalized spacial score (nSPS) is 10.1. The fourth-order valence-corrected chi connectivity index (χ4v) is 2.01. The van der Waals surface area contributed by atoms with Gasteiger partial charge in [-0.1, -0.05) is 11.6 Å². The largest absolute Gasteiger partial charge is 0.436 e. The molecule has 0 bridgehead atoms. The van der Waals surface area contributed by atoms with Gasteiger partial charge in [-0.25, -0.2) is 9.97 Å². The summed E-state index contributed by atoms with van der Waals surface area (Å²) in [5.41, 5.74) is 5.59. The molecule has 0 aliphatic heterocycles. The van der Waals surface area contributed by atoms with Crippen LogP contribution in [0.25, 0.3) is 0 Å². The SMILES string of the molecule is N=C(N)c1nccnc1Oc1ccc(Cl)cc1Br. The van der Waals surface area contributed by atoms with Gasteiger partial charge in [0.1, 0.15) is 11.6 Å². The van der Waals surface area contributed by atoms with E-state index in [1.165, 1.54) is 12.4 Å². The molecule has 0 aliphatic rings. The van der Waals surface area contributed by atoms with Gasteiger partial charge >= 0.3 is 0 Å². The summed E-state index contributed by atoms with van der Waals surface area (Å²) in [5, 5.41) is 7.98. The Morgan fingerprint density at radius 1 is 1.33 bits per heavy atom. The second-order valence-electron chi connectivity index (χ2n) is 3.30. The molecule has 0 amide bonds. The number of nitrogens with zero attached hydrogens (tertiary/aromatic N) is 2. The lowest BCUT2D eigenvalue weighted by Gasteiger charge is -2.09. The maximum atomic E-state index is 7.39. The third-order valence-corrected chi connectivity index (χ3v) is 2.88. The van der Waals surface area contributed by atoms with Crippen molar-refractivity contribution in [2.45, 2.75) is 0 Å². The summed E-state index contributed by atoms with van der Waals surface area (Å²) >= 11 is 9.16. The zero-order chi connectivity index (χ0) is 13.1. The minimum Gasteiger partial charge on any atom is -0.436 e. The van der Waals surface area contributed by atoms with Crippen LogP contribution >= 0.6 is 27.5 Å². The van der Waals surface area contributed by atoms with Crippen LogP contribution < -0.4 is 10.5 Å². The predicted octanol–water partition coefficient (Wildman–Crippen LogP) is 2.97. The van der Waals surface area contributed by atoms with Gasteiger partial charge in [-0.15, -0.1) is 0 Å². The molecule has 92 valence electrons. The van der Waals surface area contributed by atoms with Crippen LogP contribution in [0, 0.1) is 5.41 Å². The van der Waals surface area contributed by atoms with E-state index in [1.54, 1.807) is 18.2 Å². The summed E-state index contributed by atoms with van der Waals surface area (Å²) in [7, 11) is 0. The van der Waals surface area contributed by atoms with Gasteiger partial charge in [-0.2, -0.15) is 0 Å². The van der Waals surface area contributed by atoms with Crippen LogP contribution in [0.5, 0.6) is 11.6 Å². The number of nitrogen functional groups attached to an aromatic ring is 1. The highest BCUT2D eigenvalue weighted by Gasteiger charge is 2.12. The fraction of sp³-hybridized carbons (Fsp3) is 0. The van der Waals surface area contributed by atoms with E-state index >= 15 is 0 Å². The number of hydrogen-bond acceptors (Lipinski definition) is 4. The molecular formula is C11H8BrClN4O. The lowest BCUT2D eigenvalue weighted by molar-refractivity contribution is 0.456. The molecule has 2 rings (SSSR count). The molecule has 0 radical (unpaired) electrons. The zero-order valence-corrected chi connectivity index (χ0v) is 11.4. The third kappa shape index (κ3) is 2.77. The molecule has 1 aromatic carbocycles. The Labute approximate surface area is 117 Å². The smallest absolute Gasteiger partial charge is 0.249 e. The van der Waals surface area contributed by atoms with Gasteiger partial charge in [0, 0.05) is 17.4 Å². The minimum absolute atomic E-state index is 0.174. The van der Waals surface area contributed by atoms with Crippen molar-refractivity contribution in [2.24, 2.45) is 5.73 Å². The van der Waals surface area contributed by atoms with E-state index in [1.807, 2.05) is 0 Å². The number of benzene rings is 1. The van der Waals surface area contributed by atoms with Crippen LogP contribution in [0.3, 0.4) is 0 Å². The monoisotopic (exact) mass is 326 g/mol. The van der Waals surface area contributed by atoms with E-state index in [0.717, 1.165) is 0 Å². The Kier molecular flexibility index (Phi) is 3.78. The van der Waals surface area contributed by atoms with Crippen LogP contribution in [-0.4, -0.2) is 15.8 Å². The molecule has 1 heterocycles. The summed E-state index contributed by atoms with van der Waals surface area (Å²) in [5.74, 6) is 0.485. The predicted molar refractivity (Wildman–Crippen MR) is 72.3 cm³/mol. The van der Waals surface area contributed by atoms with Crippen molar-refractivity contribution >= 4 is 33.4 Å². The average Bonchev–Trinajstić information content (AvgIpc) is 2.33. The van der Waals surface area contributed by atoms with E-state index in [9.17, 15) is 0 Å². The van der Waals surface area contributed by atoms with Crippen molar-refractivity contribution in [1.82, 2.24) is 9.97 Å². The standard InChI is InChI=1S/C11H8BrClN4O/c12-7-5-6(13)1-2-8(7)18-11-9(10(14)15)16-3-4-17-11/h1-5H,(H3,14,15). The Morgan fingerprint density at radius 3 is 2.72 bits per heavy atom. The highest BCUT2D eigenvalue weighted by atomic mass is 79.9. The highest BCUT2D eigenvalue weighted by molar-refractivity contribution is 9.10. The van der Waals surface area contributed by atoms with Crippen LogP contribution in [-0.2, 0) is 0 Å². The first-order valence-corrected chi connectivity index (χ1v) is 6.03. The van der Waals surface area contributed by atoms with Crippen molar-refractivity contribution < 1.29 is 4.74 Å². The molecule has 0 saturated heterocycles. The maximum Gasteiger partial charge on any atom is 0.249 e. The van der Waals surface area contributed by atoms with E-state index in [2.05, 4.69) is 25.9 Å². The Balaban J connectivity index is 2.37. The van der Waals surface area contributed by atoms with Gasteiger partial charge in [-0.05, 0) is 34.1 Å². The number of hydrogen-bond donors (Lipinski definition) is 2. The zero-order valence-electron chi connectivity index (χ0n) is 9.02. The number of aromatic nitrogens is 2. The van der Waals surface area contributed by atoms with Gasteiger partial charge in [0.2, 0.25) is 5.88 Å². The first kappa shape index (κ1) is 12.8. The Morgan fingerprint density at radius 2 is 2.06 bits per heavy atom. The molecule has 2 aromatic rings. The molecule has 5 nitrogen and oxygen atoms in total. The molecule has 18 heavy (non-hydrogen) atoms. The van der Waals surface area contributed by atoms with Gasteiger partial charge in [0.15, 0.2) is 5.69 Å². The van der Waals surface area contributed by atoms with Gasteiger partial charge < -0.3 is 10.5 Å². The van der Waals surface area contributed by atoms with Gasteiger partial charge in [-0.3, -0.25) is 5.41 Å². The number of nitrogens with two attached hydrogens (primary N) is 1. The van der Waals surface area contributed by atoms with Crippen LogP contribution in [0.2, 0.25) is 5.02 Å². The molecule has 0 fully saturated rings. The lowest BCUT2D eigenvalue weighted by atomic mass is 10.3. The molecule has 0 spiro atoms. The summed E-state index contributed by atoms with van der Waals surface area (Å²) in [6.07, 6.45) is 2.91. The van der Waals surface area contributed by atoms with Crippen LogP contribution in [0.1, 0.15) is 5.69 Å². The topological polar surface area (TPSA) is 84.9 Å². The number of nitrogens with one attached hydrogen (secondary N) is 1. The van der Waals surface area contributed by atoms with E-state index in [4.69, 9.17) is 27.5 Å². The molecule has 1 aromatic heterocycles. The van der Waals surface area contributed by atoms with E-state index in [0.29, 0.717) is 15.2 Å². The molecule has 0 unspecified atom stereocenters. The third-order valence-electron chi connectivity index (χ3n) is 2.02. The first-order chi connectivity index (χ1) is 8.58. The van der Waals surface area contributed by atoms with Gasteiger partial charge in [0.25, 0.3) is 0 Å². The average molecular weight is 328 g/mol. The maximum absolute atomic E-state index is 7.39. The fourth-order valence-electron chi connectivity index (χ4n) is 1.25. The minimum atomic E-state index is -0.205. The van der Waals surface area contributed by atoms with Crippen molar-refractivity contribution in [3.8, 4) is 11.6 Å². The van der Waals surface area contributed by atoms with Gasteiger partial charge in [0.05, 0.1) is 4.47 Å². The Bertz CT molecular complexity index is 605. The van der Waals surface area contributed by atoms with Crippen molar-refractivity contribution in [1.29, 1.82) is 5.41 Å². The summed E-state index contributed by atoms with van der Waals surface area (Å²) in [4.78, 5) is 7.94. The van der Waals surface area contributed by atoms with Crippen molar-refractivity contribution in [3.05, 3.63) is 45.8 Å². The van der Waals surface area contributed by atoms with Crippen molar-refractivity contribution in [2.75, 3.05) is 0 Å². The quantitative estimate of drug-likeness (QED) is 0.670. The molecule has 0 saturated carbocycles. The van der Waals surface area contributed by atoms with E-state index in [-0.39, 0.29) is 17.4 Å². The second-order valence-corrected chi connectivity index (χ2v) is 4.59. The summed E-state index contributed by atoms with van der Waals surface area (Å²) < 4.78 is 6.23. The number of amidine groups is 1. The number of rotatable bonds is 3. The molecule has 3 N–H and O–H groups in total. The molecule has 0 aliphatic carbocycles. The van der Waals surface area contributed by atoms with E-state index < -0.39 is 0 Å². The number of ether oxygens (including phenoxy) is 1. The highest BCUT2D eigenvalue weighted by Crippen LogP contribution is 2.31. The molecule has 7 heteroatoms. The van der Waals surface area contributed by atoms with Crippen LogP contribution in [0.15, 0.2) is 35.1 Å². The summed E-state index contributed by atoms with van der Waals surface area (Å²) in [6.45, 7) is 0.